The van der Waals surface area contributed by atoms with Gasteiger partial charge in [-0.15, -0.1) is 0 Å². The third-order valence-electron chi connectivity index (χ3n) is 8.62. The van der Waals surface area contributed by atoms with Crippen molar-refractivity contribution < 1.29 is 0 Å². The van der Waals surface area contributed by atoms with Gasteiger partial charge in [-0.3, -0.25) is 4.57 Å². The van der Waals surface area contributed by atoms with E-state index in [-0.39, 0.29) is 0 Å². The normalized spacial score (nSPS) is 10.9. The number of benzene rings is 7. The number of rotatable bonds is 8. The zero-order chi connectivity index (χ0) is 32.1. The van der Waals surface area contributed by atoms with Crippen molar-refractivity contribution in [2.75, 3.05) is 4.90 Å². The van der Waals surface area contributed by atoms with Crippen LogP contribution in [0, 0.1) is 0 Å². The fraction of sp³-hybridized carbons (Fsp3) is 0. The molecule has 1 aromatic heterocycles. The average Bonchev–Trinajstić information content (AvgIpc) is 3.58. The maximum atomic E-state index is 5.35. The number of nitrogens with zero attached hydrogens (tertiary/aromatic N) is 3. The monoisotopic (exact) mass is 615 g/mol. The molecule has 1 heterocycles. The van der Waals surface area contributed by atoms with Crippen LogP contribution in [0.3, 0.4) is 0 Å². The molecule has 3 heteroatoms. The van der Waals surface area contributed by atoms with E-state index in [0.717, 1.165) is 67.8 Å². The van der Waals surface area contributed by atoms with Crippen LogP contribution in [-0.2, 0) is 0 Å². The molecule has 0 fully saturated rings. The average molecular weight is 616 g/mol. The molecule has 8 rings (SSSR count). The van der Waals surface area contributed by atoms with Crippen LogP contribution in [-0.4, -0.2) is 9.55 Å². The number of hydrogen-bond acceptors (Lipinski definition) is 2. The van der Waals surface area contributed by atoms with Gasteiger partial charge in [0.05, 0.1) is 11.4 Å². The second-order valence-electron chi connectivity index (χ2n) is 11.7. The molecule has 7 aromatic carbocycles. The maximum Gasteiger partial charge on any atom is 0.145 e. The van der Waals surface area contributed by atoms with Crippen LogP contribution in [0.25, 0.3) is 50.7 Å². The number of hydrogen-bond donors (Lipinski definition) is 0. The van der Waals surface area contributed by atoms with E-state index in [1.807, 2.05) is 6.07 Å². The molecule has 0 radical (unpaired) electrons. The van der Waals surface area contributed by atoms with E-state index in [4.69, 9.17) is 4.98 Å². The predicted molar refractivity (Wildman–Crippen MR) is 200 cm³/mol. The van der Waals surface area contributed by atoms with Crippen LogP contribution in [0.15, 0.2) is 200 Å². The molecule has 0 aliphatic heterocycles. The highest BCUT2D eigenvalue weighted by atomic mass is 15.1. The third-order valence-corrected chi connectivity index (χ3v) is 8.62. The number of aromatic nitrogens is 2. The molecule has 0 N–H and O–H groups in total. The molecule has 0 aliphatic rings. The van der Waals surface area contributed by atoms with Gasteiger partial charge in [0.1, 0.15) is 5.82 Å². The third kappa shape index (κ3) is 5.70. The molecule has 0 bridgehead atoms. The van der Waals surface area contributed by atoms with E-state index in [0.29, 0.717) is 0 Å². The van der Waals surface area contributed by atoms with E-state index >= 15 is 0 Å². The Kier molecular flexibility index (Phi) is 7.92. The maximum absolute atomic E-state index is 5.35. The lowest BCUT2D eigenvalue weighted by Crippen LogP contribution is -2.09. The Balaban J connectivity index is 1.19. The lowest BCUT2D eigenvalue weighted by atomic mass is 10.0. The molecular formula is C45H33N3. The minimum atomic E-state index is 0.905. The van der Waals surface area contributed by atoms with E-state index < -0.39 is 0 Å². The van der Waals surface area contributed by atoms with Crippen molar-refractivity contribution in [3.63, 3.8) is 0 Å². The first-order valence-electron chi connectivity index (χ1n) is 16.2. The first-order valence-corrected chi connectivity index (χ1v) is 16.2. The van der Waals surface area contributed by atoms with Crippen molar-refractivity contribution in [3.8, 4) is 50.7 Å². The van der Waals surface area contributed by atoms with Gasteiger partial charge in [0.2, 0.25) is 0 Å². The van der Waals surface area contributed by atoms with Crippen molar-refractivity contribution in [2.45, 2.75) is 0 Å². The van der Waals surface area contributed by atoms with Crippen LogP contribution >= 0.6 is 0 Å². The Labute approximate surface area is 281 Å². The van der Waals surface area contributed by atoms with E-state index in [2.05, 4.69) is 204 Å². The van der Waals surface area contributed by atoms with Crippen LogP contribution in [0.4, 0.5) is 17.1 Å². The van der Waals surface area contributed by atoms with Gasteiger partial charge in [0, 0.05) is 39.4 Å². The summed E-state index contributed by atoms with van der Waals surface area (Å²) in [7, 11) is 0. The number of imidazole rings is 1. The molecule has 0 amide bonds. The molecule has 0 aliphatic carbocycles. The molecule has 0 saturated carbocycles. The molecule has 0 spiro atoms. The SMILES string of the molecule is c1ccc(-c2nc(-c3ccc(-c4ccc(N(c5ccccc5)c5ccccc5)cc4)cc3)n(-c3ccccc3)c2-c2ccccc2)cc1. The smallest absolute Gasteiger partial charge is 0.145 e. The van der Waals surface area contributed by atoms with Gasteiger partial charge in [-0.1, -0.05) is 152 Å². The molecule has 0 saturated heterocycles. The van der Waals surface area contributed by atoms with Gasteiger partial charge in [0.25, 0.3) is 0 Å². The summed E-state index contributed by atoms with van der Waals surface area (Å²) in [6.07, 6.45) is 0. The summed E-state index contributed by atoms with van der Waals surface area (Å²) in [5.74, 6) is 0.905. The highest BCUT2D eigenvalue weighted by Crippen LogP contribution is 2.39. The molecule has 8 aromatic rings. The van der Waals surface area contributed by atoms with E-state index in [1.165, 1.54) is 0 Å². The Morgan fingerprint density at radius 1 is 0.333 bits per heavy atom. The van der Waals surface area contributed by atoms with Crippen molar-refractivity contribution in [3.05, 3.63) is 200 Å². The molecule has 3 nitrogen and oxygen atoms in total. The minimum absolute atomic E-state index is 0.905. The first-order chi connectivity index (χ1) is 23.8. The van der Waals surface area contributed by atoms with Gasteiger partial charge >= 0.3 is 0 Å². The van der Waals surface area contributed by atoms with Gasteiger partial charge in [-0.25, -0.2) is 4.98 Å². The minimum Gasteiger partial charge on any atom is -0.311 e. The summed E-state index contributed by atoms with van der Waals surface area (Å²) in [4.78, 5) is 7.63. The van der Waals surface area contributed by atoms with Crippen LogP contribution in [0.2, 0.25) is 0 Å². The fourth-order valence-corrected chi connectivity index (χ4v) is 6.32. The highest BCUT2D eigenvalue weighted by Gasteiger charge is 2.22. The van der Waals surface area contributed by atoms with Crippen LogP contribution in [0.5, 0.6) is 0 Å². The molecule has 0 atom stereocenters. The highest BCUT2D eigenvalue weighted by molar-refractivity contribution is 5.85. The topological polar surface area (TPSA) is 21.1 Å². The van der Waals surface area contributed by atoms with Crippen LogP contribution < -0.4 is 4.90 Å². The Bertz CT molecular complexity index is 2190. The standard InChI is InChI=1S/C45H33N3/c1-6-16-36(17-7-1)43-44(37-18-8-2-9-19-37)48(41-24-14-5-15-25-41)45(46-43)38-28-26-34(27-29-38)35-30-32-42(33-31-35)47(39-20-10-3-11-21-39)40-22-12-4-13-23-40/h1-33H. The number of para-hydroxylation sites is 3. The van der Waals surface area contributed by atoms with Gasteiger partial charge < -0.3 is 4.90 Å². The van der Waals surface area contributed by atoms with Gasteiger partial charge in [-0.2, -0.15) is 0 Å². The summed E-state index contributed by atoms with van der Waals surface area (Å²) in [5, 5.41) is 0. The Hall–Kier alpha value is -6.45. The fourth-order valence-electron chi connectivity index (χ4n) is 6.32. The van der Waals surface area contributed by atoms with Crippen molar-refractivity contribution in [1.29, 1.82) is 0 Å². The van der Waals surface area contributed by atoms with Gasteiger partial charge in [0.15, 0.2) is 0 Å². The second kappa shape index (κ2) is 13.1. The summed E-state index contributed by atoms with van der Waals surface area (Å²) in [6.45, 7) is 0. The predicted octanol–water partition coefficient (Wildman–Crippen LogP) is 12.0. The Morgan fingerprint density at radius 2 is 0.729 bits per heavy atom. The summed E-state index contributed by atoms with van der Waals surface area (Å²) < 4.78 is 2.29. The molecule has 0 unspecified atom stereocenters. The number of anilines is 3. The van der Waals surface area contributed by atoms with Crippen molar-refractivity contribution in [2.24, 2.45) is 0 Å². The lowest BCUT2D eigenvalue weighted by Gasteiger charge is -2.25. The quantitative estimate of drug-likeness (QED) is 0.170. The first kappa shape index (κ1) is 29.0. The molecular weight excluding hydrogens is 583 g/mol. The van der Waals surface area contributed by atoms with Crippen molar-refractivity contribution >= 4 is 17.1 Å². The summed E-state index contributed by atoms with van der Waals surface area (Å²) >= 11 is 0. The molecule has 228 valence electrons. The second-order valence-corrected chi connectivity index (χ2v) is 11.7. The summed E-state index contributed by atoms with van der Waals surface area (Å²) in [5.41, 5.74) is 12.0. The summed E-state index contributed by atoms with van der Waals surface area (Å²) in [6, 6.07) is 70.1. The van der Waals surface area contributed by atoms with E-state index in [9.17, 15) is 0 Å². The van der Waals surface area contributed by atoms with E-state index in [1.54, 1.807) is 0 Å². The van der Waals surface area contributed by atoms with Crippen molar-refractivity contribution in [1.82, 2.24) is 9.55 Å². The molecule has 48 heavy (non-hydrogen) atoms. The Morgan fingerprint density at radius 3 is 1.25 bits per heavy atom. The lowest BCUT2D eigenvalue weighted by molar-refractivity contribution is 1.07. The zero-order valence-corrected chi connectivity index (χ0v) is 26.4. The largest absolute Gasteiger partial charge is 0.311 e. The van der Waals surface area contributed by atoms with Crippen LogP contribution in [0.1, 0.15) is 0 Å². The zero-order valence-electron chi connectivity index (χ0n) is 26.4. The van der Waals surface area contributed by atoms with Gasteiger partial charge in [-0.05, 0) is 59.7 Å².